The Balaban J connectivity index is 1.66. The van der Waals surface area contributed by atoms with Crippen LogP contribution in [0.1, 0.15) is 47.9 Å². The zero-order valence-corrected chi connectivity index (χ0v) is 21.1. The van der Waals surface area contributed by atoms with Gasteiger partial charge in [0, 0.05) is 23.8 Å². The van der Waals surface area contributed by atoms with E-state index in [1.165, 1.54) is 26.4 Å². The van der Waals surface area contributed by atoms with Gasteiger partial charge in [-0.2, -0.15) is 16.7 Å². The number of nitrogens with one attached hydrogen (secondary N) is 1. The van der Waals surface area contributed by atoms with Crippen LogP contribution in [0.4, 0.5) is 0 Å². The predicted octanol–water partition coefficient (Wildman–Crippen LogP) is 3.94. The van der Waals surface area contributed by atoms with Gasteiger partial charge in [0.1, 0.15) is 28.1 Å². The van der Waals surface area contributed by atoms with E-state index in [9.17, 15) is 9.59 Å². The second-order valence-electron chi connectivity index (χ2n) is 8.26. The van der Waals surface area contributed by atoms with Gasteiger partial charge in [-0.15, -0.1) is 0 Å². The molecule has 1 aromatic carbocycles. The topological polar surface area (TPSA) is 113 Å². The van der Waals surface area contributed by atoms with Gasteiger partial charge in [0.2, 0.25) is 23.1 Å². The fourth-order valence-corrected chi connectivity index (χ4v) is 5.14. The highest BCUT2D eigenvalue weighted by atomic mass is 35.5. The molecule has 182 valence electrons. The lowest BCUT2D eigenvalue weighted by atomic mass is 9.74. The number of fused-ring (bicyclic) bond motifs is 1. The number of methoxy groups -OCH3 is 2. The highest BCUT2D eigenvalue weighted by molar-refractivity contribution is 7.98. The Morgan fingerprint density at radius 3 is 2.65 bits per heavy atom. The van der Waals surface area contributed by atoms with E-state index in [0.717, 1.165) is 12.2 Å². The average Bonchev–Trinajstić information content (AvgIpc) is 3.38. The zero-order valence-electron chi connectivity index (χ0n) is 19.6. The third-order valence-corrected chi connectivity index (χ3v) is 7.12. The maximum absolute atomic E-state index is 13.6. The van der Waals surface area contributed by atoms with E-state index in [1.807, 2.05) is 13.2 Å². The van der Waals surface area contributed by atoms with Gasteiger partial charge in [0.25, 0.3) is 0 Å². The lowest BCUT2D eigenvalue weighted by molar-refractivity contribution is -0.129. The van der Waals surface area contributed by atoms with E-state index >= 15 is 0 Å². The van der Waals surface area contributed by atoms with Crippen molar-refractivity contribution in [3.05, 3.63) is 40.1 Å². The summed E-state index contributed by atoms with van der Waals surface area (Å²) in [7, 11) is 2.89. The molecule has 3 unspecified atom stereocenters. The molecule has 2 heterocycles. The van der Waals surface area contributed by atoms with Crippen molar-refractivity contribution in [3.63, 3.8) is 0 Å². The van der Waals surface area contributed by atoms with E-state index < -0.39 is 23.1 Å². The molecule has 9 nitrogen and oxygen atoms in total. The molecule has 34 heavy (non-hydrogen) atoms. The number of nitrogens with zero attached hydrogens (tertiary/aromatic N) is 2. The Labute approximate surface area is 206 Å². The Kier molecular flexibility index (Phi) is 6.82. The minimum atomic E-state index is -1.72. The number of aromatic nitrogens is 2. The molecule has 3 atom stereocenters. The van der Waals surface area contributed by atoms with Gasteiger partial charge in [0.15, 0.2) is 11.6 Å². The van der Waals surface area contributed by atoms with Crippen LogP contribution in [0.25, 0.3) is 0 Å². The van der Waals surface area contributed by atoms with Crippen LogP contribution < -0.4 is 19.5 Å². The van der Waals surface area contributed by atoms with Gasteiger partial charge in [-0.1, -0.05) is 23.7 Å². The van der Waals surface area contributed by atoms with Crippen LogP contribution >= 0.6 is 23.4 Å². The molecule has 1 spiro atoms. The SMILES string of the molecule is COc1cc(OC)c2c(c1Cl)OC1(C(=O)C=C(NC(CCSC)c3nc(C)no3)CC1C)C2=O. The van der Waals surface area contributed by atoms with Gasteiger partial charge in [0.05, 0.1) is 14.2 Å². The molecule has 1 N–H and O–H groups in total. The molecule has 0 fully saturated rings. The highest BCUT2D eigenvalue weighted by Crippen LogP contribution is 2.53. The van der Waals surface area contributed by atoms with Crippen LogP contribution in [-0.4, -0.2) is 53.5 Å². The van der Waals surface area contributed by atoms with Crippen molar-refractivity contribution in [2.24, 2.45) is 5.92 Å². The summed E-state index contributed by atoms with van der Waals surface area (Å²) < 4.78 is 22.1. The fraction of sp³-hybridized carbons (Fsp3) is 0.478. The molecule has 2 aliphatic rings. The summed E-state index contributed by atoms with van der Waals surface area (Å²) in [6, 6.07) is 1.26. The predicted molar refractivity (Wildman–Crippen MR) is 127 cm³/mol. The number of carbonyl (C=O) groups is 2. The molecule has 11 heteroatoms. The first-order chi connectivity index (χ1) is 16.3. The normalized spacial score (nSPS) is 22.3. The average molecular weight is 508 g/mol. The molecule has 1 aromatic heterocycles. The van der Waals surface area contributed by atoms with Crippen molar-refractivity contribution in [2.45, 2.75) is 38.3 Å². The molecular formula is C23H26ClN3O6S. The van der Waals surface area contributed by atoms with Crippen molar-refractivity contribution in [3.8, 4) is 17.2 Å². The fourth-order valence-electron chi connectivity index (χ4n) is 4.40. The molecular weight excluding hydrogens is 482 g/mol. The number of Topliss-reactive ketones (excluding diaryl/α,β-unsaturated/α-hetero) is 1. The van der Waals surface area contributed by atoms with E-state index in [1.54, 1.807) is 18.7 Å². The van der Waals surface area contributed by atoms with Gasteiger partial charge in [-0.3, -0.25) is 9.59 Å². The number of rotatable bonds is 8. The number of carbonyl (C=O) groups excluding carboxylic acids is 2. The Morgan fingerprint density at radius 1 is 1.32 bits per heavy atom. The lowest BCUT2D eigenvalue weighted by Gasteiger charge is -2.35. The Hall–Kier alpha value is -2.72. The molecule has 2 aromatic rings. The third-order valence-electron chi connectivity index (χ3n) is 6.12. The summed E-state index contributed by atoms with van der Waals surface area (Å²) in [4.78, 5) is 31.4. The van der Waals surface area contributed by atoms with E-state index in [0.29, 0.717) is 29.6 Å². The summed E-state index contributed by atoms with van der Waals surface area (Å²) in [6.07, 6.45) is 4.56. The quantitative estimate of drug-likeness (QED) is 0.527. The van der Waals surface area contributed by atoms with Gasteiger partial charge in [-0.25, -0.2) is 0 Å². The molecule has 1 aliphatic carbocycles. The molecule has 0 radical (unpaired) electrons. The number of thioether (sulfide) groups is 1. The highest BCUT2D eigenvalue weighted by Gasteiger charge is 2.60. The molecule has 0 bridgehead atoms. The number of ketones is 2. The maximum Gasteiger partial charge on any atom is 0.249 e. The van der Waals surface area contributed by atoms with Crippen LogP contribution in [0.5, 0.6) is 17.2 Å². The monoisotopic (exact) mass is 507 g/mol. The smallest absolute Gasteiger partial charge is 0.249 e. The largest absolute Gasteiger partial charge is 0.496 e. The van der Waals surface area contributed by atoms with Crippen molar-refractivity contribution >= 4 is 34.9 Å². The van der Waals surface area contributed by atoms with Gasteiger partial charge in [-0.05, 0) is 31.8 Å². The molecule has 1 aliphatic heterocycles. The van der Waals surface area contributed by atoms with Crippen molar-refractivity contribution in [1.82, 2.24) is 15.5 Å². The van der Waals surface area contributed by atoms with Crippen molar-refractivity contribution < 1.29 is 28.3 Å². The first-order valence-electron chi connectivity index (χ1n) is 10.8. The number of allylic oxidation sites excluding steroid dienone is 1. The maximum atomic E-state index is 13.6. The number of hydrogen-bond donors (Lipinski definition) is 1. The number of ether oxygens (including phenoxy) is 3. The Morgan fingerprint density at radius 2 is 2.06 bits per heavy atom. The van der Waals surface area contributed by atoms with E-state index in [2.05, 4.69) is 15.5 Å². The standard InChI is InChI=1S/C23H26ClN3O6S/c1-11-8-13(26-14(6-7-34-5)22-25-12(2)27-33-22)9-17(28)23(11)21(29)18-15(30-3)10-16(31-4)19(24)20(18)32-23/h9-11,14,26H,6-8H2,1-5H3. The zero-order chi connectivity index (χ0) is 24.6. The third kappa shape index (κ3) is 3.92. The number of hydrogen-bond acceptors (Lipinski definition) is 10. The minimum absolute atomic E-state index is 0.104. The van der Waals surface area contributed by atoms with Crippen LogP contribution in [0, 0.1) is 12.8 Å². The molecule has 4 rings (SSSR count). The summed E-state index contributed by atoms with van der Waals surface area (Å²) in [5.74, 6) is 1.08. The summed E-state index contributed by atoms with van der Waals surface area (Å²) >= 11 is 8.14. The number of benzene rings is 1. The summed E-state index contributed by atoms with van der Waals surface area (Å²) in [5.41, 5.74) is -0.891. The second kappa shape index (κ2) is 9.50. The van der Waals surface area contributed by atoms with E-state index in [-0.39, 0.29) is 28.1 Å². The lowest BCUT2D eigenvalue weighted by Crippen LogP contribution is -2.55. The molecule has 0 saturated heterocycles. The van der Waals surface area contributed by atoms with Crippen LogP contribution in [-0.2, 0) is 4.79 Å². The summed E-state index contributed by atoms with van der Waals surface area (Å²) in [5, 5.41) is 7.37. The van der Waals surface area contributed by atoms with Gasteiger partial charge >= 0.3 is 0 Å². The Bertz CT molecular complexity index is 1170. The minimum Gasteiger partial charge on any atom is -0.496 e. The van der Waals surface area contributed by atoms with E-state index in [4.69, 9.17) is 30.3 Å². The van der Waals surface area contributed by atoms with Crippen LogP contribution in [0.2, 0.25) is 5.02 Å². The van der Waals surface area contributed by atoms with Gasteiger partial charge < -0.3 is 24.1 Å². The first kappa shape index (κ1) is 24.4. The van der Waals surface area contributed by atoms with Crippen molar-refractivity contribution in [2.75, 3.05) is 26.2 Å². The number of aryl methyl sites for hydroxylation is 1. The second-order valence-corrected chi connectivity index (χ2v) is 9.63. The number of halogens is 1. The molecule has 0 amide bonds. The molecule has 0 saturated carbocycles. The van der Waals surface area contributed by atoms with Crippen LogP contribution in [0.15, 0.2) is 22.4 Å². The van der Waals surface area contributed by atoms with Crippen molar-refractivity contribution in [1.29, 1.82) is 0 Å². The first-order valence-corrected chi connectivity index (χ1v) is 12.5. The van der Waals surface area contributed by atoms with Crippen LogP contribution in [0.3, 0.4) is 0 Å². The summed E-state index contributed by atoms with van der Waals surface area (Å²) in [6.45, 7) is 3.56.